The summed E-state index contributed by atoms with van der Waals surface area (Å²) in [7, 11) is 0. The Balaban J connectivity index is 1.99. The summed E-state index contributed by atoms with van der Waals surface area (Å²) in [5.74, 6) is 0. The first-order valence-corrected chi connectivity index (χ1v) is 3.81. The van der Waals surface area contributed by atoms with Crippen LogP contribution in [0.4, 0.5) is 0 Å². The lowest BCUT2D eigenvalue weighted by Gasteiger charge is -1.82. The minimum atomic E-state index is 0.738. The van der Waals surface area contributed by atoms with E-state index < -0.39 is 0 Å². The van der Waals surface area contributed by atoms with E-state index in [0.29, 0.717) is 0 Å². The molecule has 8 heavy (non-hydrogen) atoms. The van der Waals surface area contributed by atoms with Crippen molar-refractivity contribution in [2.75, 3.05) is 0 Å². The summed E-state index contributed by atoms with van der Waals surface area (Å²) in [5.41, 5.74) is 0. The van der Waals surface area contributed by atoms with Gasteiger partial charge < -0.3 is 0 Å². The smallest absolute Gasteiger partial charge is 0.0622 e. The number of hydrogen-bond donors (Lipinski definition) is 0. The maximum Gasteiger partial charge on any atom is 0.0622 e. The second kappa shape index (κ2) is 2.41. The number of nitriles is 1. The van der Waals surface area contributed by atoms with Crippen LogP contribution in [0.3, 0.4) is 0 Å². The first-order valence-electron chi connectivity index (χ1n) is 2.87. The van der Waals surface area contributed by atoms with Crippen LogP contribution in [0.2, 0.25) is 0 Å². The maximum absolute atomic E-state index is 8.17. The molecule has 1 fully saturated rings. The summed E-state index contributed by atoms with van der Waals surface area (Å²) >= 11 is 1.98. The summed E-state index contributed by atoms with van der Waals surface area (Å²) < 4.78 is 0. The van der Waals surface area contributed by atoms with Gasteiger partial charge in [0.1, 0.15) is 0 Å². The van der Waals surface area contributed by atoms with E-state index in [-0.39, 0.29) is 0 Å². The topological polar surface area (TPSA) is 23.8 Å². The molecule has 1 saturated heterocycles. The SMILES string of the molecule is CC1SC1CCC#N. The minimum Gasteiger partial charge on any atom is -0.198 e. The first-order chi connectivity index (χ1) is 3.84. The fraction of sp³-hybridized carbons (Fsp3) is 0.833. The van der Waals surface area contributed by atoms with Gasteiger partial charge in [-0.15, -0.1) is 0 Å². The Morgan fingerprint density at radius 1 is 1.75 bits per heavy atom. The molecule has 0 aromatic rings. The molecule has 1 aliphatic heterocycles. The Kier molecular flexibility index (Phi) is 1.80. The molecule has 2 heteroatoms. The summed E-state index contributed by atoms with van der Waals surface area (Å²) in [6.07, 6.45) is 1.84. The molecule has 1 heterocycles. The summed E-state index contributed by atoms with van der Waals surface area (Å²) in [6.45, 7) is 2.21. The predicted molar refractivity (Wildman–Crippen MR) is 35.7 cm³/mol. The zero-order chi connectivity index (χ0) is 5.98. The van der Waals surface area contributed by atoms with Gasteiger partial charge in [-0.2, -0.15) is 17.0 Å². The highest BCUT2D eigenvalue weighted by Crippen LogP contribution is 2.43. The van der Waals surface area contributed by atoms with Crippen molar-refractivity contribution in [2.24, 2.45) is 0 Å². The second-order valence-corrected chi connectivity index (χ2v) is 3.70. The molecule has 1 aliphatic rings. The molecule has 0 aromatic heterocycles. The molecule has 0 radical (unpaired) electrons. The zero-order valence-corrected chi connectivity index (χ0v) is 5.74. The van der Waals surface area contributed by atoms with Crippen molar-refractivity contribution in [2.45, 2.75) is 30.3 Å². The van der Waals surface area contributed by atoms with Crippen LogP contribution in [-0.2, 0) is 0 Å². The third kappa shape index (κ3) is 1.41. The molecule has 2 unspecified atom stereocenters. The van der Waals surface area contributed by atoms with Crippen LogP contribution in [0.5, 0.6) is 0 Å². The molecule has 0 saturated carbocycles. The number of thioether (sulfide) groups is 1. The Hall–Kier alpha value is -0.160. The van der Waals surface area contributed by atoms with E-state index in [2.05, 4.69) is 13.0 Å². The third-order valence-electron chi connectivity index (χ3n) is 1.38. The molecule has 44 valence electrons. The van der Waals surface area contributed by atoms with E-state index in [4.69, 9.17) is 5.26 Å². The van der Waals surface area contributed by atoms with E-state index in [1.54, 1.807) is 0 Å². The number of rotatable bonds is 2. The van der Waals surface area contributed by atoms with Gasteiger partial charge in [-0.05, 0) is 6.42 Å². The van der Waals surface area contributed by atoms with Crippen molar-refractivity contribution < 1.29 is 0 Å². The van der Waals surface area contributed by atoms with E-state index in [0.717, 1.165) is 23.3 Å². The molecule has 0 amide bonds. The average Bonchev–Trinajstić information content (AvgIpc) is 2.42. The van der Waals surface area contributed by atoms with E-state index in [1.165, 1.54) is 0 Å². The van der Waals surface area contributed by atoms with Crippen molar-refractivity contribution in [1.82, 2.24) is 0 Å². The zero-order valence-electron chi connectivity index (χ0n) is 4.92. The summed E-state index contributed by atoms with van der Waals surface area (Å²) in [4.78, 5) is 0. The molecule has 0 bridgehead atoms. The van der Waals surface area contributed by atoms with Crippen molar-refractivity contribution >= 4 is 11.8 Å². The Bertz CT molecular complexity index is 116. The first kappa shape index (κ1) is 5.97. The predicted octanol–water partition coefficient (Wildman–Crippen LogP) is 1.79. The Morgan fingerprint density at radius 3 is 2.75 bits per heavy atom. The van der Waals surface area contributed by atoms with Crippen LogP contribution in [-0.4, -0.2) is 10.5 Å². The normalized spacial score (nSPS) is 34.0. The number of hydrogen-bond acceptors (Lipinski definition) is 2. The monoisotopic (exact) mass is 127 g/mol. The highest BCUT2D eigenvalue weighted by molar-refractivity contribution is 8.07. The van der Waals surface area contributed by atoms with Crippen LogP contribution < -0.4 is 0 Å². The molecule has 2 atom stereocenters. The average molecular weight is 127 g/mol. The largest absolute Gasteiger partial charge is 0.198 e. The van der Waals surface area contributed by atoms with Crippen LogP contribution in [0.25, 0.3) is 0 Å². The third-order valence-corrected chi connectivity index (χ3v) is 2.81. The van der Waals surface area contributed by atoms with Gasteiger partial charge in [-0.1, -0.05) is 6.92 Å². The van der Waals surface area contributed by atoms with Gasteiger partial charge in [0.2, 0.25) is 0 Å². The lowest BCUT2D eigenvalue weighted by atomic mass is 10.2. The molecular weight excluding hydrogens is 118 g/mol. The van der Waals surface area contributed by atoms with Crippen LogP contribution in [0, 0.1) is 11.3 Å². The summed E-state index contributed by atoms with van der Waals surface area (Å²) in [6, 6.07) is 2.15. The van der Waals surface area contributed by atoms with Crippen molar-refractivity contribution in [3.8, 4) is 6.07 Å². The van der Waals surface area contributed by atoms with Crippen molar-refractivity contribution in [3.05, 3.63) is 0 Å². The lowest BCUT2D eigenvalue weighted by Crippen LogP contribution is -1.86. The molecule has 1 rings (SSSR count). The van der Waals surface area contributed by atoms with Crippen LogP contribution >= 0.6 is 11.8 Å². The molecule has 1 nitrogen and oxygen atoms in total. The van der Waals surface area contributed by atoms with Gasteiger partial charge in [0.15, 0.2) is 0 Å². The van der Waals surface area contributed by atoms with Crippen molar-refractivity contribution in [1.29, 1.82) is 5.26 Å². The van der Waals surface area contributed by atoms with Gasteiger partial charge in [-0.3, -0.25) is 0 Å². The maximum atomic E-state index is 8.17. The standard InChI is InChI=1S/C6H9NS/c1-5-6(8-5)3-2-4-7/h5-6H,2-3H2,1H3. The molecule has 0 spiro atoms. The van der Waals surface area contributed by atoms with Gasteiger partial charge in [0, 0.05) is 16.9 Å². The van der Waals surface area contributed by atoms with Crippen molar-refractivity contribution in [3.63, 3.8) is 0 Å². The Morgan fingerprint density at radius 2 is 2.38 bits per heavy atom. The fourth-order valence-corrected chi connectivity index (χ4v) is 1.59. The summed E-state index contributed by atoms with van der Waals surface area (Å²) in [5, 5.41) is 9.82. The molecular formula is C6H9NS. The minimum absolute atomic E-state index is 0.738. The van der Waals surface area contributed by atoms with Gasteiger partial charge >= 0.3 is 0 Å². The lowest BCUT2D eigenvalue weighted by molar-refractivity contribution is 0.836. The highest BCUT2D eigenvalue weighted by Gasteiger charge is 2.32. The fourth-order valence-electron chi connectivity index (χ4n) is 0.740. The van der Waals surface area contributed by atoms with Gasteiger partial charge in [0.25, 0.3) is 0 Å². The quantitative estimate of drug-likeness (QED) is 0.528. The number of nitrogens with zero attached hydrogens (tertiary/aromatic N) is 1. The van der Waals surface area contributed by atoms with Gasteiger partial charge in [0.05, 0.1) is 6.07 Å². The van der Waals surface area contributed by atoms with E-state index in [9.17, 15) is 0 Å². The van der Waals surface area contributed by atoms with Crippen LogP contribution in [0.15, 0.2) is 0 Å². The molecule has 0 aromatic carbocycles. The molecule has 0 N–H and O–H groups in total. The van der Waals surface area contributed by atoms with E-state index >= 15 is 0 Å². The second-order valence-electron chi connectivity index (χ2n) is 2.08. The molecule has 0 aliphatic carbocycles. The van der Waals surface area contributed by atoms with Crippen LogP contribution in [0.1, 0.15) is 19.8 Å². The van der Waals surface area contributed by atoms with Gasteiger partial charge in [-0.25, -0.2) is 0 Å². The van der Waals surface area contributed by atoms with E-state index in [1.807, 2.05) is 11.8 Å². The Labute approximate surface area is 54.1 Å². The highest BCUT2D eigenvalue weighted by atomic mass is 32.2.